The van der Waals surface area contributed by atoms with Crippen molar-refractivity contribution >= 4 is 5.91 Å². The van der Waals surface area contributed by atoms with Crippen molar-refractivity contribution in [1.82, 2.24) is 4.90 Å². The van der Waals surface area contributed by atoms with E-state index in [2.05, 4.69) is 13.8 Å². The van der Waals surface area contributed by atoms with Gasteiger partial charge in [-0.3, -0.25) is 4.79 Å². The zero-order chi connectivity index (χ0) is 16.6. The van der Waals surface area contributed by atoms with Crippen LogP contribution in [-0.4, -0.2) is 16.7 Å². The van der Waals surface area contributed by atoms with Crippen LogP contribution in [0.4, 0.5) is 8.78 Å². The predicted octanol–water partition coefficient (Wildman–Crippen LogP) is 4.53. The van der Waals surface area contributed by atoms with Gasteiger partial charge in [-0.15, -0.1) is 0 Å². The molecule has 120 valence electrons. The lowest BCUT2D eigenvalue weighted by Crippen LogP contribution is -2.63. The van der Waals surface area contributed by atoms with Crippen LogP contribution in [0, 0.1) is 0 Å². The molecular weight excluding hydrogens is 296 g/mol. The first-order valence-corrected chi connectivity index (χ1v) is 7.74. The molecule has 0 N–H and O–H groups in total. The molecule has 1 fully saturated rings. The molecule has 1 aliphatic rings. The van der Waals surface area contributed by atoms with Crippen molar-refractivity contribution in [1.29, 1.82) is 0 Å². The summed E-state index contributed by atoms with van der Waals surface area (Å²) in [6.07, 6.45) is 0. The summed E-state index contributed by atoms with van der Waals surface area (Å²) in [5.41, 5.74) is 2.42. The van der Waals surface area contributed by atoms with Gasteiger partial charge in [0.05, 0.1) is 0 Å². The van der Waals surface area contributed by atoms with E-state index in [1.54, 1.807) is 12.1 Å². The number of amides is 1. The van der Waals surface area contributed by atoms with E-state index in [1.165, 1.54) is 4.90 Å². The lowest BCUT2D eigenvalue weighted by Gasteiger charge is -2.46. The summed E-state index contributed by atoms with van der Waals surface area (Å²) < 4.78 is 28.2. The van der Waals surface area contributed by atoms with Gasteiger partial charge in [-0.25, -0.2) is 0 Å². The number of halogens is 2. The highest BCUT2D eigenvalue weighted by Crippen LogP contribution is 2.48. The van der Waals surface area contributed by atoms with Crippen LogP contribution in [0.15, 0.2) is 54.6 Å². The van der Waals surface area contributed by atoms with Crippen molar-refractivity contribution in [3.8, 4) is 0 Å². The Morgan fingerprint density at radius 2 is 1.65 bits per heavy atom. The van der Waals surface area contributed by atoms with Gasteiger partial charge in [-0.1, -0.05) is 68.4 Å². The molecule has 1 saturated heterocycles. The Hall–Kier alpha value is -2.23. The number of alkyl halides is 2. The minimum absolute atomic E-state index is 0.200. The Balaban J connectivity index is 1.86. The minimum atomic E-state index is -3.33. The molecule has 2 aromatic rings. The number of nitrogens with zero attached hydrogens (tertiary/aromatic N) is 1. The number of rotatable bonds is 4. The molecule has 1 heterocycles. The van der Waals surface area contributed by atoms with Gasteiger partial charge in [0.2, 0.25) is 0 Å². The van der Waals surface area contributed by atoms with Crippen LogP contribution in [0.2, 0.25) is 0 Å². The number of hydrogen-bond acceptors (Lipinski definition) is 1. The number of carbonyl (C=O) groups is 1. The van der Waals surface area contributed by atoms with E-state index in [-0.39, 0.29) is 6.54 Å². The summed E-state index contributed by atoms with van der Waals surface area (Å²) >= 11 is 0. The van der Waals surface area contributed by atoms with Crippen LogP contribution in [0.1, 0.15) is 42.5 Å². The third-order valence-electron chi connectivity index (χ3n) is 4.32. The van der Waals surface area contributed by atoms with E-state index in [4.69, 9.17) is 0 Å². The average Bonchev–Trinajstić information content (AvgIpc) is 2.55. The van der Waals surface area contributed by atoms with Crippen molar-refractivity contribution in [3.63, 3.8) is 0 Å². The van der Waals surface area contributed by atoms with Crippen molar-refractivity contribution < 1.29 is 13.6 Å². The number of hydrogen-bond donors (Lipinski definition) is 0. The van der Waals surface area contributed by atoms with Crippen LogP contribution >= 0.6 is 0 Å². The fourth-order valence-electron chi connectivity index (χ4n) is 2.95. The third-order valence-corrected chi connectivity index (χ3v) is 4.32. The molecule has 0 aromatic heterocycles. The van der Waals surface area contributed by atoms with E-state index in [0.29, 0.717) is 11.5 Å². The monoisotopic (exact) mass is 315 g/mol. The highest BCUT2D eigenvalue weighted by molar-refractivity contribution is 5.91. The van der Waals surface area contributed by atoms with Gasteiger partial charge in [-0.2, -0.15) is 8.78 Å². The second-order valence-electron chi connectivity index (χ2n) is 6.27. The van der Waals surface area contributed by atoms with Crippen LogP contribution in [-0.2, 0) is 11.3 Å². The normalized spacial score (nSPS) is 19.8. The molecule has 2 nitrogen and oxygen atoms in total. The number of carbonyl (C=O) groups excluding carboxylic acids is 1. The van der Waals surface area contributed by atoms with Crippen molar-refractivity contribution in [3.05, 3.63) is 71.3 Å². The minimum Gasteiger partial charge on any atom is -0.319 e. The van der Waals surface area contributed by atoms with Crippen LogP contribution in [0.5, 0.6) is 0 Å². The fraction of sp³-hybridized carbons (Fsp3) is 0.316. The predicted molar refractivity (Wildman–Crippen MR) is 85.2 cm³/mol. The van der Waals surface area contributed by atoms with Crippen LogP contribution in [0.3, 0.4) is 0 Å². The number of benzene rings is 2. The Kier molecular flexibility index (Phi) is 3.92. The van der Waals surface area contributed by atoms with Crippen molar-refractivity contribution in [2.24, 2.45) is 0 Å². The Labute approximate surface area is 134 Å². The van der Waals surface area contributed by atoms with Gasteiger partial charge in [0.15, 0.2) is 0 Å². The van der Waals surface area contributed by atoms with Crippen LogP contribution < -0.4 is 0 Å². The topological polar surface area (TPSA) is 20.3 Å². The van der Waals surface area contributed by atoms with Gasteiger partial charge in [0.25, 0.3) is 5.91 Å². The van der Waals surface area contributed by atoms with E-state index >= 15 is 0 Å². The lowest BCUT2D eigenvalue weighted by atomic mass is 9.88. The molecule has 23 heavy (non-hydrogen) atoms. The maximum atomic E-state index is 14.1. The third kappa shape index (κ3) is 2.74. The Morgan fingerprint density at radius 1 is 1.04 bits per heavy atom. The molecule has 0 aliphatic carbocycles. The molecule has 0 radical (unpaired) electrons. The lowest BCUT2D eigenvalue weighted by molar-refractivity contribution is -0.207. The number of β-lactam (4-membered cyclic amide) rings is 1. The van der Waals surface area contributed by atoms with Crippen molar-refractivity contribution in [2.75, 3.05) is 0 Å². The summed E-state index contributed by atoms with van der Waals surface area (Å²) in [6.45, 7) is 4.31. The van der Waals surface area contributed by atoms with E-state index in [0.717, 1.165) is 11.1 Å². The molecule has 4 heteroatoms. The summed E-state index contributed by atoms with van der Waals surface area (Å²) in [5.74, 6) is -4.08. The SMILES string of the molecule is CC(C)c1ccc(C2N(Cc3ccccc3)C(=O)C2(F)F)cc1. The Bertz CT molecular complexity index is 695. The summed E-state index contributed by atoms with van der Waals surface area (Å²) in [5, 5.41) is 0. The maximum absolute atomic E-state index is 14.1. The zero-order valence-corrected chi connectivity index (χ0v) is 13.2. The molecule has 2 aromatic carbocycles. The smallest absolute Gasteiger partial charge is 0.319 e. The molecule has 0 spiro atoms. The molecule has 1 aliphatic heterocycles. The second-order valence-corrected chi connectivity index (χ2v) is 6.27. The number of likely N-dealkylation sites (tertiary alicyclic amines) is 1. The van der Waals surface area contributed by atoms with Crippen molar-refractivity contribution in [2.45, 2.75) is 38.3 Å². The maximum Gasteiger partial charge on any atom is 0.348 e. The largest absolute Gasteiger partial charge is 0.348 e. The van der Waals surface area contributed by atoms with E-state index in [9.17, 15) is 13.6 Å². The highest BCUT2D eigenvalue weighted by Gasteiger charge is 2.63. The quantitative estimate of drug-likeness (QED) is 0.759. The first kappa shape index (κ1) is 15.7. The fourth-order valence-corrected chi connectivity index (χ4v) is 2.95. The summed E-state index contributed by atoms with van der Waals surface area (Å²) in [4.78, 5) is 13.1. The van der Waals surface area contributed by atoms with Gasteiger partial charge in [0, 0.05) is 6.54 Å². The van der Waals surface area contributed by atoms with Crippen LogP contribution in [0.25, 0.3) is 0 Å². The molecule has 3 rings (SSSR count). The first-order chi connectivity index (χ1) is 10.9. The van der Waals surface area contributed by atoms with Gasteiger partial charge in [-0.05, 0) is 22.6 Å². The highest BCUT2D eigenvalue weighted by atomic mass is 19.3. The van der Waals surface area contributed by atoms with E-state index in [1.807, 2.05) is 42.5 Å². The molecular formula is C19H19F2NO. The molecule has 0 saturated carbocycles. The average molecular weight is 315 g/mol. The van der Waals surface area contributed by atoms with Gasteiger partial charge >= 0.3 is 5.92 Å². The standard InChI is InChI=1S/C19H19F2NO/c1-13(2)15-8-10-16(11-9-15)17-19(20,21)18(23)22(17)12-14-6-4-3-5-7-14/h3-11,13,17H,12H2,1-2H3. The van der Waals surface area contributed by atoms with E-state index < -0.39 is 17.9 Å². The molecule has 1 atom stereocenters. The van der Waals surface area contributed by atoms with Gasteiger partial charge < -0.3 is 4.90 Å². The second kappa shape index (κ2) is 5.76. The summed E-state index contributed by atoms with van der Waals surface area (Å²) in [7, 11) is 0. The zero-order valence-electron chi connectivity index (χ0n) is 13.2. The first-order valence-electron chi connectivity index (χ1n) is 7.74. The summed E-state index contributed by atoms with van der Waals surface area (Å²) in [6, 6.07) is 15.2. The molecule has 1 amide bonds. The molecule has 0 bridgehead atoms. The van der Waals surface area contributed by atoms with Gasteiger partial charge in [0.1, 0.15) is 6.04 Å². The Morgan fingerprint density at radius 3 is 2.22 bits per heavy atom. The molecule has 1 unspecified atom stereocenters.